The van der Waals surface area contributed by atoms with Crippen LogP contribution in [0.3, 0.4) is 0 Å². The summed E-state index contributed by atoms with van der Waals surface area (Å²) in [5.74, 6) is 0.351. The Labute approximate surface area is 80.5 Å². The minimum absolute atomic E-state index is 0.262. The number of rotatable bonds is 5. The van der Waals surface area contributed by atoms with E-state index < -0.39 is 0 Å². The molecule has 3 heteroatoms. The van der Waals surface area contributed by atoms with E-state index >= 15 is 0 Å². The topological polar surface area (TPSA) is 41.5 Å². The van der Waals surface area contributed by atoms with Gasteiger partial charge in [0.15, 0.2) is 0 Å². The van der Waals surface area contributed by atoms with Crippen molar-refractivity contribution in [3.8, 4) is 0 Å². The van der Waals surface area contributed by atoms with E-state index in [1.54, 1.807) is 0 Å². The second-order valence-corrected chi connectivity index (χ2v) is 3.93. The largest absolute Gasteiger partial charge is 0.396 e. The summed E-state index contributed by atoms with van der Waals surface area (Å²) in [5.41, 5.74) is 0. The van der Waals surface area contributed by atoms with E-state index in [0.29, 0.717) is 12.0 Å². The Morgan fingerprint density at radius 2 is 2.38 bits per heavy atom. The van der Waals surface area contributed by atoms with Crippen LogP contribution in [0.4, 0.5) is 0 Å². The first-order valence-electron chi connectivity index (χ1n) is 5.26. The van der Waals surface area contributed by atoms with Crippen molar-refractivity contribution in [2.45, 2.75) is 32.3 Å². The van der Waals surface area contributed by atoms with Gasteiger partial charge in [-0.15, -0.1) is 0 Å². The standard InChI is InChI=1S/C10H21NO2/c1-9(8-12)6-11-7-10-4-2-3-5-13-10/h9-12H,2-8H2,1H3. The predicted octanol–water partition coefficient (Wildman–Crippen LogP) is 0.773. The lowest BCUT2D eigenvalue weighted by Gasteiger charge is -2.23. The van der Waals surface area contributed by atoms with Gasteiger partial charge in [0.05, 0.1) is 6.10 Å². The molecule has 0 aliphatic carbocycles. The summed E-state index contributed by atoms with van der Waals surface area (Å²) in [5, 5.41) is 12.1. The van der Waals surface area contributed by atoms with Gasteiger partial charge in [-0.25, -0.2) is 0 Å². The van der Waals surface area contributed by atoms with Crippen molar-refractivity contribution in [3.63, 3.8) is 0 Å². The van der Waals surface area contributed by atoms with E-state index in [1.165, 1.54) is 19.3 Å². The molecular formula is C10H21NO2. The summed E-state index contributed by atoms with van der Waals surface area (Å²) >= 11 is 0. The van der Waals surface area contributed by atoms with Crippen LogP contribution in [0.25, 0.3) is 0 Å². The third kappa shape index (κ3) is 4.60. The van der Waals surface area contributed by atoms with Crippen LogP contribution in [0.15, 0.2) is 0 Å². The number of aliphatic hydroxyl groups is 1. The highest BCUT2D eigenvalue weighted by Crippen LogP contribution is 2.11. The molecule has 1 aliphatic rings. The molecule has 3 nitrogen and oxygen atoms in total. The molecule has 0 aromatic rings. The molecule has 1 rings (SSSR count). The van der Waals surface area contributed by atoms with Crippen molar-refractivity contribution in [1.29, 1.82) is 0 Å². The van der Waals surface area contributed by atoms with E-state index in [2.05, 4.69) is 5.32 Å². The Morgan fingerprint density at radius 1 is 1.54 bits per heavy atom. The Kier molecular flexibility index (Phi) is 5.35. The van der Waals surface area contributed by atoms with Crippen molar-refractivity contribution in [2.75, 3.05) is 26.3 Å². The van der Waals surface area contributed by atoms with Crippen LogP contribution in [-0.2, 0) is 4.74 Å². The molecule has 0 aromatic carbocycles. The van der Waals surface area contributed by atoms with Crippen molar-refractivity contribution in [2.24, 2.45) is 5.92 Å². The minimum atomic E-state index is 0.262. The number of aliphatic hydroxyl groups excluding tert-OH is 1. The molecule has 1 saturated heterocycles. The molecule has 0 aromatic heterocycles. The predicted molar refractivity (Wildman–Crippen MR) is 52.7 cm³/mol. The fourth-order valence-corrected chi connectivity index (χ4v) is 1.52. The smallest absolute Gasteiger partial charge is 0.0699 e. The van der Waals surface area contributed by atoms with Gasteiger partial charge in [0.2, 0.25) is 0 Å². The maximum Gasteiger partial charge on any atom is 0.0699 e. The zero-order chi connectivity index (χ0) is 9.52. The van der Waals surface area contributed by atoms with Crippen LogP contribution in [0, 0.1) is 5.92 Å². The Morgan fingerprint density at radius 3 is 3.00 bits per heavy atom. The molecule has 2 atom stereocenters. The molecule has 1 fully saturated rings. The minimum Gasteiger partial charge on any atom is -0.396 e. The van der Waals surface area contributed by atoms with Crippen molar-refractivity contribution in [3.05, 3.63) is 0 Å². The maximum atomic E-state index is 8.80. The Balaban J connectivity index is 1.98. The van der Waals surface area contributed by atoms with E-state index in [4.69, 9.17) is 9.84 Å². The van der Waals surface area contributed by atoms with Gasteiger partial charge in [-0.2, -0.15) is 0 Å². The van der Waals surface area contributed by atoms with E-state index in [9.17, 15) is 0 Å². The molecule has 13 heavy (non-hydrogen) atoms. The highest BCUT2D eigenvalue weighted by molar-refractivity contribution is 4.67. The SMILES string of the molecule is CC(CO)CNCC1CCCCO1. The van der Waals surface area contributed by atoms with Gasteiger partial charge in [-0.05, 0) is 31.7 Å². The second kappa shape index (κ2) is 6.35. The molecule has 2 N–H and O–H groups in total. The van der Waals surface area contributed by atoms with Gasteiger partial charge in [0.1, 0.15) is 0 Å². The third-order valence-corrected chi connectivity index (χ3v) is 2.45. The monoisotopic (exact) mass is 187 g/mol. The number of hydrogen-bond donors (Lipinski definition) is 2. The summed E-state index contributed by atoms with van der Waals surface area (Å²) in [6.07, 6.45) is 4.09. The first-order chi connectivity index (χ1) is 6.33. The van der Waals surface area contributed by atoms with Gasteiger partial charge >= 0.3 is 0 Å². The Hall–Kier alpha value is -0.120. The average Bonchev–Trinajstić information content (AvgIpc) is 2.19. The summed E-state index contributed by atoms with van der Waals surface area (Å²) in [6, 6.07) is 0. The normalized spacial score (nSPS) is 25.8. The molecule has 1 heterocycles. The lowest BCUT2D eigenvalue weighted by atomic mass is 10.1. The fourth-order valence-electron chi connectivity index (χ4n) is 1.52. The molecule has 0 bridgehead atoms. The van der Waals surface area contributed by atoms with Gasteiger partial charge in [-0.3, -0.25) is 0 Å². The first kappa shape index (κ1) is 11.0. The summed E-state index contributed by atoms with van der Waals surface area (Å²) in [4.78, 5) is 0. The zero-order valence-corrected chi connectivity index (χ0v) is 8.46. The summed E-state index contributed by atoms with van der Waals surface area (Å²) < 4.78 is 5.57. The van der Waals surface area contributed by atoms with Gasteiger partial charge in [0.25, 0.3) is 0 Å². The van der Waals surface area contributed by atoms with Crippen molar-refractivity contribution < 1.29 is 9.84 Å². The average molecular weight is 187 g/mol. The van der Waals surface area contributed by atoms with E-state index in [0.717, 1.165) is 19.7 Å². The van der Waals surface area contributed by atoms with Crippen LogP contribution < -0.4 is 5.32 Å². The molecule has 0 amide bonds. The number of hydrogen-bond acceptors (Lipinski definition) is 3. The molecule has 0 radical (unpaired) electrons. The Bertz CT molecular complexity index is 124. The van der Waals surface area contributed by atoms with Crippen LogP contribution in [-0.4, -0.2) is 37.5 Å². The quantitative estimate of drug-likeness (QED) is 0.668. The van der Waals surface area contributed by atoms with E-state index in [-0.39, 0.29) is 6.61 Å². The molecule has 0 saturated carbocycles. The molecule has 1 aliphatic heterocycles. The van der Waals surface area contributed by atoms with Crippen molar-refractivity contribution in [1.82, 2.24) is 5.32 Å². The summed E-state index contributed by atoms with van der Waals surface area (Å²) in [6.45, 7) is 5.04. The summed E-state index contributed by atoms with van der Waals surface area (Å²) in [7, 11) is 0. The molecule has 2 unspecified atom stereocenters. The lowest BCUT2D eigenvalue weighted by Crippen LogP contribution is -2.34. The number of nitrogens with one attached hydrogen (secondary N) is 1. The van der Waals surface area contributed by atoms with Crippen LogP contribution in [0.5, 0.6) is 0 Å². The first-order valence-corrected chi connectivity index (χ1v) is 5.26. The highest BCUT2D eigenvalue weighted by Gasteiger charge is 2.13. The van der Waals surface area contributed by atoms with Crippen LogP contribution in [0.2, 0.25) is 0 Å². The second-order valence-electron chi connectivity index (χ2n) is 3.93. The lowest BCUT2D eigenvalue weighted by molar-refractivity contribution is 0.0163. The molecule has 0 spiro atoms. The van der Waals surface area contributed by atoms with Gasteiger partial charge in [0, 0.05) is 19.8 Å². The molecular weight excluding hydrogens is 166 g/mol. The van der Waals surface area contributed by atoms with E-state index in [1.807, 2.05) is 6.92 Å². The third-order valence-electron chi connectivity index (χ3n) is 2.45. The number of ether oxygens (including phenoxy) is 1. The fraction of sp³-hybridized carbons (Fsp3) is 1.00. The van der Waals surface area contributed by atoms with Gasteiger partial charge < -0.3 is 15.2 Å². The maximum absolute atomic E-state index is 8.80. The van der Waals surface area contributed by atoms with Crippen LogP contribution >= 0.6 is 0 Å². The zero-order valence-electron chi connectivity index (χ0n) is 8.46. The molecule has 78 valence electrons. The highest BCUT2D eigenvalue weighted by atomic mass is 16.5. The van der Waals surface area contributed by atoms with Crippen LogP contribution in [0.1, 0.15) is 26.2 Å². The van der Waals surface area contributed by atoms with Crippen molar-refractivity contribution >= 4 is 0 Å². The van der Waals surface area contributed by atoms with Gasteiger partial charge in [-0.1, -0.05) is 6.92 Å².